The van der Waals surface area contributed by atoms with E-state index in [1.165, 1.54) is 26.9 Å². The number of nitrogens with zero attached hydrogens (tertiary/aromatic N) is 7. The van der Waals surface area contributed by atoms with Gasteiger partial charge in [-0.25, -0.2) is 9.18 Å². The topological polar surface area (TPSA) is 88.7 Å². The molecule has 4 heterocycles. The predicted molar refractivity (Wildman–Crippen MR) is 178 cm³/mol. The molecule has 0 bridgehead atoms. The molecule has 1 aromatic heterocycles. The molecule has 0 unspecified atom stereocenters. The molecule has 2 aromatic carbocycles. The Balaban J connectivity index is 1.36. The molecule has 9 nitrogen and oxygen atoms in total. The molecule has 3 aromatic rings. The molecule has 4 aliphatic rings. The first-order chi connectivity index (χ1) is 22.2. The molecule has 0 radical (unpaired) electrons. The second-order valence-electron chi connectivity index (χ2n) is 13.7. The zero-order valence-corrected chi connectivity index (χ0v) is 26.8. The predicted octanol–water partition coefficient (Wildman–Crippen LogP) is 4.66. The molecule has 1 saturated carbocycles. The average molecular weight is 624 g/mol. The van der Waals surface area contributed by atoms with Crippen LogP contribution in [0.2, 0.25) is 0 Å². The summed E-state index contributed by atoms with van der Waals surface area (Å²) >= 11 is 0. The number of likely N-dealkylation sites (N-methyl/N-ethyl adjacent to an activating group) is 1. The lowest BCUT2D eigenvalue weighted by atomic mass is 9.62. The van der Waals surface area contributed by atoms with Crippen LogP contribution in [0.15, 0.2) is 53.6 Å². The number of likely N-dealkylation sites (tertiary alicyclic amines) is 1. The van der Waals surface area contributed by atoms with Gasteiger partial charge in [-0.05, 0) is 63.2 Å². The number of nitriles is 1. The number of anilines is 2. The van der Waals surface area contributed by atoms with Crippen molar-refractivity contribution in [2.75, 3.05) is 49.6 Å². The van der Waals surface area contributed by atoms with Crippen molar-refractivity contribution < 1.29 is 9.18 Å². The minimum Gasteiger partial charge on any atom is -0.364 e. The lowest BCUT2D eigenvalue weighted by molar-refractivity contribution is -0.131. The number of hydrogen-bond donors (Lipinski definition) is 0. The Morgan fingerprint density at radius 1 is 1.11 bits per heavy atom. The van der Waals surface area contributed by atoms with Crippen LogP contribution in [0.1, 0.15) is 55.3 Å². The van der Waals surface area contributed by atoms with Crippen molar-refractivity contribution in [2.24, 2.45) is 0 Å². The van der Waals surface area contributed by atoms with Crippen LogP contribution in [0.4, 0.5) is 15.9 Å². The van der Waals surface area contributed by atoms with E-state index in [2.05, 4.69) is 77.7 Å². The van der Waals surface area contributed by atoms with Gasteiger partial charge in [0.1, 0.15) is 5.82 Å². The second kappa shape index (κ2) is 11.8. The fourth-order valence-electron chi connectivity index (χ4n) is 8.51. The minimum absolute atomic E-state index is 0.0577. The van der Waals surface area contributed by atoms with Gasteiger partial charge in [0.05, 0.1) is 25.1 Å². The van der Waals surface area contributed by atoms with E-state index in [1.807, 2.05) is 4.57 Å². The monoisotopic (exact) mass is 623 g/mol. The number of carbonyl (C=O) groups excluding carboxylic acids is 1. The number of fused-ring (bicyclic) bond motifs is 3. The number of rotatable bonds is 6. The van der Waals surface area contributed by atoms with E-state index in [9.17, 15) is 19.2 Å². The van der Waals surface area contributed by atoms with Crippen molar-refractivity contribution in [3.63, 3.8) is 0 Å². The maximum atomic E-state index is 14.2. The van der Waals surface area contributed by atoms with Crippen LogP contribution < -0.4 is 15.5 Å². The first kappa shape index (κ1) is 30.4. The molecule has 1 spiro atoms. The Kier molecular flexibility index (Phi) is 7.84. The number of piperazine rings is 1. The summed E-state index contributed by atoms with van der Waals surface area (Å²) < 4.78 is 15.9. The number of benzene rings is 2. The van der Waals surface area contributed by atoms with E-state index < -0.39 is 17.8 Å². The van der Waals surface area contributed by atoms with Crippen LogP contribution in [0, 0.1) is 18.3 Å². The zero-order valence-electron chi connectivity index (χ0n) is 26.8. The Labute approximate surface area is 269 Å². The number of aryl methyl sites for hydroxylation is 1. The maximum Gasteiger partial charge on any atom is 0.349 e. The first-order valence-corrected chi connectivity index (χ1v) is 16.6. The molecule has 240 valence electrons. The van der Waals surface area contributed by atoms with E-state index >= 15 is 0 Å². The van der Waals surface area contributed by atoms with Crippen molar-refractivity contribution in [3.05, 3.63) is 76.1 Å². The molecular formula is C36H42FN7O2. The fraction of sp³-hybridized carbons (Fsp3) is 0.500. The van der Waals surface area contributed by atoms with E-state index in [0.29, 0.717) is 32.0 Å². The summed E-state index contributed by atoms with van der Waals surface area (Å²) in [6.45, 7) is 9.34. The summed E-state index contributed by atoms with van der Waals surface area (Å²) in [7, 11) is 2.14. The highest BCUT2D eigenvalue weighted by molar-refractivity contribution is 5.97. The molecular weight excluding hydrogens is 581 g/mol. The highest BCUT2D eigenvalue weighted by atomic mass is 19.1. The third kappa shape index (κ3) is 5.05. The molecule has 46 heavy (non-hydrogen) atoms. The minimum atomic E-state index is -1.02. The van der Waals surface area contributed by atoms with Gasteiger partial charge in [-0.3, -0.25) is 9.36 Å². The molecule has 2 atom stereocenters. The van der Waals surface area contributed by atoms with Gasteiger partial charge in [0.2, 0.25) is 0 Å². The Hall–Kier alpha value is -4.23. The number of amides is 1. The van der Waals surface area contributed by atoms with E-state index in [0.717, 1.165) is 56.5 Å². The number of hydrogen-bond acceptors (Lipinski definition) is 7. The molecule has 2 saturated heterocycles. The van der Waals surface area contributed by atoms with Crippen molar-refractivity contribution in [3.8, 4) is 6.07 Å². The van der Waals surface area contributed by atoms with E-state index in [-0.39, 0.29) is 30.1 Å². The first-order valence-electron chi connectivity index (χ1n) is 16.6. The number of halogens is 1. The quantitative estimate of drug-likeness (QED) is 0.370. The summed E-state index contributed by atoms with van der Waals surface area (Å²) in [4.78, 5) is 40.0. The molecule has 3 fully saturated rings. The van der Waals surface area contributed by atoms with Crippen LogP contribution in [0.5, 0.6) is 0 Å². The number of carbonyl (C=O) groups is 1. The normalized spacial score (nSPS) is 22.5. The van der Waals surface area contributed by atoms with Crippen LogP contribution >= 0.6 is 0 Å². The molecule has 3 aliphatic heterocycles. The van der Waals surface area contributed by atoms with Gasteiger partial charge < -0.3 is 19.6 Å². The van der Waals surface area contributed by atoms with Gasteiger partial charge in [0.25, 0.3) is 5.91 Å². The van der Waals surface area contributed by atoms with Crippen molar-refractivity contribution in [1.82, 2.24) is 19.4 Å². The lowest BCUT2D eigenvalue weighted by Crippen LogP contribution is -2.58. The third-order valence-corrected chi connectivity index (χ3v) is 11.0. The van der Waals surface area contributed by atoms with Crippen molar-refractivity contribution in [2.45, 2.75) is 76.0 Å². The Morgan fingerprint density at radius 3 is 2.57 bits per heavy atom. The zero-order chi connectivity index (χ0) is 32.2. The molecule has 7 rings (SSSR count). The summed E-state index contributed by atoms with van der Waals surface area (Å²) in [6.07, 6.45) is 5.31. The third-order valence-electron chi connectivity index (χ3n) is 11.0. The Bertz CT molecular complexity index is 1800. The summed E-state index contributed by atoms with van der Waals surface area (Å²) in [5, 5.41) is 12.1. The molecule has 10 heteroatoms. The van der Waals surface area contributed by atoms with Crippen molar-refractivity contribution in [1.29, 1.82) is 5.26 Å². The SMILES string of the molecule is C=C(F)C(=O)N1CCN(c2nc(=O)n(C[C@@H]3CCCN3C)c3c2C2(CCC2)CN(c2cccc4cccc(C)c24)C3)C[C@@H]1CC#N. The van der Waals surface area contributed by atoms with Gasteiger partial charge in [-0.1, -0.05) is 43.3 Å². The highest BCUT2D eigenvalue weighted by Crippen LogP contribution is 2.52. The van der Waals surface area contributed by atoms with E-state index in [1.54, 1.807) is 0 Å². The van der Waals surface area contributed by atoms with Gasteiger partial charge >= 0.3 is 5.69 Å². The second-order valence-corrected chi connectivity index (χ2v) is 13.7. The summed E-state index contributed by atoms with van der Waals surface area (Å²) in [5.74, 6) is -1.12. The summed E-state index contributed by atoms with van der Waals surface area (Å²) in [5.41, 5.74) is 4.16. The lowest BCUT2D eigenvalue weighted by Gasteiger charge is -2.52. The van der Waals surface area contributed by atoms with Gasteiger partial charge in [0.15, 0.2) is 5.83 Å². The standard InChI is InChI=1S/C36H42FN7O2/c1-24-8-4-9-26-10-5-12-29(31(24)26)42-22-30-32(36(23-42)14-7-15-36)33(39-35(46)44(30)21-27-11-6-17-40(27)3)41-18-19-43(34(45)25(2)37)28(20-41)13-16-38/h4-5,8-10,12,27-28H,2,6-7,11,13-15,17-23H2,1,3H3/t27-,28-/m0/s1. The van der Waals surface area contributed by atoms with Gasteiger partial charge in [-0.15, -0.1) is 0 Å². The highest BCUT2D eigenvalue weighted by Gasteiger charge is 2.49. The molecule has 1 amide bonds. The van der Waals surface area contributed by atoms with Crippen LogP contribution in [-0.4, -0.2) is 77.1 Å². The fourth-order valence-corrected chi connectivity index (χ4v) is 8.51. The van der Waals surface area contributed by atoms with E-state index in [4.69, 9.17) is 4.98 Å². The van der Waals surface area contributed by atoms with Crippen LogP contribution in [0.25, 0.3) is 10.8 Å². The largest absolute Gasteiger partial charge is 0.364 e. The maximum absolute atomic E-state index is 14.2. The van der Waals surface area contributed by atoms with Crippen LogP contribution in [-0.2, 0) is 23.3 Å². The van der Waals surface area contributed by atoms with Gasteiger partial charge in [-0.2, -0.15) is 10.2 Å². The molecule has 0 N–H and O–H groups in total. The molecule has 1 aliphatic carbocycles. The Morgan fingerprint density at radius 2 is 1.89 bits per heavy atom. The smallest absolute Gasteiger partial charge is 0.349 e. The average Bonchev–Trinajstić information content (AvgIpc) is 3.44. The number of aromatic nitrogens is 2. The van der Waals surface area contributed by atoms with Crippen LogP contribution in [0.3, 0.4) is 0 Å². The van der Waals surface area contributed by atoms with Crippen molar-refractivity contribution >= 4 is 28.2 Å². The van der Waals surface area contributed by atoms with Gasteiger partial charge in [0, 0.05) is 66.5 Å². The summed E-state index contributed by atoms with van der Waals surface area (Å²) in [6, 6.07) is 14.8.